The van der Waals surface area contributed by atoms with Gasteiger partial charge >= 0.3 is 0 Å². The Morgan fingerprint density at radius 1 is 1.22 bits per heavy atom. The molecule has 27 heavy (non-hydrogen) atoms. The van der Waals surface area contributed by atoms with E-state index >= 15 is 0 Å². The van der Waals surface area contributed by atoms with E-state index in [1.807, 2.05) is 11.3 Å². The van der Waals surface area contributed by atoms with E-state index < -0.39 is 0 Å². The second-order valence-corrected chi connectivity index (χ2v) is 9.32. The Hall–Kier alpha value is -0.950. The van der Waals surface area contributed by atoms with Crippen LogP contribution in [0.5, 0.6) is 0 Å². The number of carbonyl (C=O) groups is 1. The van der Waals surface area contributed by atoms with Gasteiger partial charge in [0.2, 0.25) is 5.91 Å². The summed E-state index contributed by atoms with van der Waals surface area (Å²) in [6.07, 6.45) is 4.54. The number of hydrogen-bond acceptors (Lipinski definition) is 5. The molecule has 1 aromatic rings. The van der Waals surface area contributed by atoms with E-state index in [9.17, 15) is 4.79 Å². The molecule has 0 N–H and O–H groups in total. The fraction of sp³-hybridized carbons (Fsp3) is 0.762. The molecule has 1 atom stereocenters. The summed E-state index contributed by atoms with van der Waals surface area (Å²) >= 11 is 1.86. The molecule has 0 aromatic carbocycles. The number of likely N-dealkylation sites (tertiary alicyclic amines) is 1. The Labute approximate surface area is 167 Å². The number of amides is 1. The van der Waals surface area contributed by atoms with Gasteiger partial charge in [-0.3, -0.25) is 14.6 Å². The van der Waals surface area contributed by atoms with Crippen LogP contribution in [-0.4, -0.2) is 79.1 Å². The molecule has 2 aliphatic heterocycles. The van der Waals surface area contributed by atoms with Crippen LogP contribution in [0.15, 0.2) is 11.4 Å². The summed E-state index contributed by atoms with van der Waals surface area (Å²) in [7, 11) is 0. The number of carbonyl (C=O) groups excluding carboxylic acids is 1. The highest BCUT2D eigenvalue weighted by atomic mass is 32.1. The molecule has 4 rings (SSSR count). The zero-order valence-electron chi connectivity index (χ0n) is 16.6. The van der Waals surface area contributed by atoms with Crippen LogP contribution in [0.25, 0.3) is 0 Å². The second-order valence-electron chi connectivity index (χ2n) is 8.32. The zero-order valence-corrected chi connectivity index (χ0v) is 17.4. The Kier molecular flexibility index (Phi) is 6.48. The minimum Gasteiger partial charge on any atom is -0.379 e. The molecule has 0 bridgehead atoms. The lowest BCUT2D eigenvalue weighted by atomic mass is 10.0. The number of morpholine rings is 1. The van der Waals surface area contributed by atoms with Crippen molar-refractivity contribution >= 4 is 17.2 Å². The van der Waals surface area contributed by atoms with Crippen LogP contribution >= 0.6 is 11.3 Å². The van der Waals surface area contributed by atoms with Crippen molar-refractivity contribution in [3.05, 3.63) is 21.9 Å². The molecule has 6 heteroatoms. The average molecular weight is 392 g/mol. The number of piperidine rings is 1. The van der Waals surface area contributed by atoms with Gasteiger partial charge in [-0.2, -0.15) is 0 Å². The summed E-state index contributed by atoms with van der Waals surface area (Å²) < 4.78 is 5.46. The minimum absolute atomic E-state index is 0.310. The first kappa shape index (κ1) is 19.4. The number of nitrogens with zero attached hydrogens (tertiary/aromatic N) is 3. The number of ether oxygens (including phenoxy) is 1. The summed E-state index contributed by atoms with van der Waals surface area (Å²) in [6, 6.07) is 2.60. The Balaban J connectivity index is 1.37. The third-order valence-electron chi connectivity index (χ3n) is 6.23. The van der Waals surface area contributed by atoms with Crippen molar-refractivity contribution in [2.45, 2.75) is 45.2 Å². The fourth-order valence-corrected chi connectivity index (χ4v) is 5.26. The fourth-order valence-electron chi connectivity index (χ4n) is 4.31. The highest BCUT2D eigenvalue weighted by Crippen LogP contribution is 2.33. The Bertz CT molecular complexity index is 625. The maximum absolute atomic E-state index is 13.0. The normalized spacial score (nSPS) is 24.9. The lowest BCUT2D eigenvalue weighted by molar-refractivity contribution is -0.136. The molecule has 0 spiro atoms. The largest absolute Gasteiger partial charge is 0.379 e. The predicted octanol–water partition coefficient (Wildman–Crippen LogP) is 2.59. The van der Waals surface area contributed by atoms with Gasteiger partial charge in [-0.05, 0) is 56.2 Å². The predicted molar refractivity (Wildman–Crippen MR) is 109 cm³/mol. The molecule has 1 saturated carbocycles. The van der Waals surface area contributed by atoms with Gasteiger partial charge in [-0.1, -0.05) is 0 Å². The van der Waals surface area contributed by atoms with Crippen LogP contribution in [0.3, 0.4) is 0 Å². The van der Waals surface area contributed by atoms with Gasteiger partial charge in [0, 0.05) is 56.1 Å². The summed E-state index contributed by atoms with van der Waals surface area (Å²) in [5.74, 6) is 0.729. The second kappa shape index (κ2) is 9.03. The van der Waals surface area contributed by atoms with Crippen molar-refractivity contribution in [3.63, 3.8) is 0 Å². The zero-order chi connectivity index (χ0) is 18.6. The Morgan fingerprint density at radius 3 is 2.74 bits per heavy atom. The van der Waals surface area contributed by atoms with E-state index in [-0.39, 0.29) is 0 Å². The van der Waals surface area contributed by atoms with Crippen molar-refractivity contribution < 1.29 is 9.53 Å². The highest BCUT2D eigenvalue weighted by Gasteiger charge is 2.37. The molecule has 2 saturated heterocycles. The lowest BCUT2D eigenvalue weighted by Crippen LogP contribution is -2.53. The molecule has 3 aliphatic rings. The first-order valence-electron chi connectivity index (χ1n) is 10.6. The average Bonchev–Trinajstić information content (AvgIpc) is 3.47. The van der Waals surface area contributed by atoms with Crippen molar-refractivity contribution in [2.75, 3.05) is 52.5 Å². The molecule has 150 valence electrons. The van der Waals surface area contributed by atoms with Crippen LogP contribution in [0.4, 0.5) is 0 Å². The van der Waals surface area contributed by atoms with Gasteiger partial charge in [0.15, 0.2) is 0 Å². The molecular weight excluding hydrogens is 358 g/mol. The maximum atomic E-state index is 13.0. The third kappa shape index (κ3) is 5.11. The summed E-state index contributed by atoms with van der Waals surface area (Å²) in [5.41, 5.74) is 1.40. The number of aryl methyl sites for hydroxylation is 1. The minimum atomic E-state index is 0.310. The van der Waals surface area contributed by atoms with Gasteiger partial charge in [-0.15, -0.1) is 11.3 Å². The first-order chi connectivity index (χ1) is 13.2. The van der Waals surface area contributed by atoms with Gasteiger partial charge in [-0.25, -0.2) is 0 Å². The molecule has 0 radical (unpaired) electrons. The molecule has 1 aliphatic carbocycles. The smallest absolute Gasteiger partial charge is 0.226 e. The first-order valence-corrected chi connectivity index (χ1v) is 11.4. The summed E-state index contributed by atoms with van der Waals surface area (Å²) in [5, 5.41) is 2.19. The van der Waals surface area contributed by atoms with Gasteiger partial charge < -0.3 is 9.64 Å². The topological polar surface area (TPSA) is 36.0 Å². The van der Waals surface area contributed by atoms with E-state index in [0.29, 0.717) is 17.9 Å². The monoisotopic (exact) mass is 391 g/mol. The molecule has 1 unspecified atom stereocenters. The quantitative estimate of drug-likeness (QED) is 0.716. The van der Waals surface area contributed by atoms with Crippen molar-refractivity contribution in [1.82, 2.24) is 14.7 Å². The van der Waals surface area contributed by atoms with E-state index in [2.05, 4.69) is 33.1 Å². The van der Waals surface area contributed by atoms with Crippen molar-refractivity contribution in [3.8, 4) is 0 Å². The SMILES string of the molecule is Cc1ccsc1CN1CCCC(N(CCN2CCOCC2)C(=O)C2CC2)C1. The Morgan fingerprint density at radius 2 is 2.04 bits per heavy atom. The standard InChI is InChI=1S/C21H33N3O2S/c1-17-6-14-27-20(17)16-23-7-2-3-19(15-23)24(21(25)18-4-5-18)9-8-22-10-12-26-13-11-22/h6,14,18-19H,2-5,7-13,15-16H2,1H3. The van der Waals surface area contributed by atoms with Crippen molar-refractivity contribution in [1.29, 1.82) is 0 Å². The van der Waals surface area contributed by atoms with E-state index in [1.54, 1.807) is 0 Å². The van der Waals surface area contributed by atoms with Gasteiger partial charge in [0.1, 0.15) is 0 Å². The van der Waals surface area contributed by atoms with Crippen LogP contribution in [0.1, 0.15) is 36.1 Å². The van der Waals surface area contributed by atoms with Crippen molar-refractivity contribution in [2.24, 2.45) is 5.92 Å². The molecule has 3 fully saturated rings. The lowest BCUT2D eigenvalue weighted by Gasteiger charge is -2.40. The van der Waals surface area contributed by atoms with E-state index in [1.165, 1.54) is 16.9 Å². The number of thiophene rings is 1. The molecule has 5 nitrogen and oxygen atoms in total. The molecular formula is C21H33N3O2S. The molecule has 3 heterocycles. The maximum Gasteiger partial charge on any atom is 0.226 e. The number of hydrogen-bond donors (Lipinski definition) is 0. The van der Waals surface area contributed by atoms with E-state index in [0.717, 1.165) is 78.3 Å². The highest BCUT2D eigenvalue weighted by molar-refractivity contribution is 7.10. The summed E-state index contributed by atoms with van der Waals surface area (Å²) in [6.45, 7) is 10.9. The van der Waals surface area contributed by atoms with Crippen LogP contribution in [0.2, 0.25) is 0 Å². The number of rotatable bonds is 7. The summed E-state index contributed by atoms with van der Waals surface area (Å²) in [4.78, 5) is 21.8. The van der Waals surface area contributed by atoms with Gasteiger partial charge in [0.05, 0.1) is 13.2 Å². The van der Waals surface area contributed by atoms with E-state index in [4.69, 9.17) is 4.74 Å². The third-order valence-corrected chi connectivity index (χ3v) is 7.24. The van der Waals surface area contributed by atoms with Gasteiger partial charge in [0.25, 0.3) is 0 Å². The van der Waals surface area contributed by atoms with Crippen LogP contribution in [0, 0.1) is 12.8 Å². The van der Waals surface area contributed by atoms with Crippen LogP contribution in [-0.2, 0) is 16.1 Å². The van der Waals surface area contributed by atoms with Crippen LogP contribution < -0.4 is 0 Å². The molecule has 1 aromatic heterocycles. The molecule has 1 amide bonds.